The van der Waals surface area contributed by atoms with Crippen molar-refractivity contribution in [1.29, 1.82) is 0 Å². The van der Waals surface area contributed by atoms with Crippen molar-refractivity contribution in [1.82, 2.24) is 0 Å². The number of aliphatic hydroxyl groups excluding tert-OH is 1. The molecule has 156 valence electrons. The van der Waals surface area contributed by atoms with E-state index >= 15 is 0 Å². The molecule has 3 aliphatic heterocycles. The molecule has 2 fully saturated rings. The van der Waals surface area contributed by atoms with Crippen LogP contribution in [-0.2, 0) is 26.5 Å². The van der Waals surface area contributed by atoms with E-state index in [1.54, 1.807) is 4.90 Å². The van der Waals surface area contributed by atoms with E-state index in [0.717, 1.165) is 28.9 Å². The molecule has 0 aliphatic carbocycles. The Morgan fingerprint density at radius 3 is 2.63 bits per heavy atom. The van der Waals surface area contributed by atoms with Gasteiger partial charge in [0, 0.05) is 36.7 Å². The summed E-state index contributed by atoms with van der Waals surface area (Å²) in [5.74, 6) is 0.0257. The first-order valence-corrected chi connectivity index (χ1v) is 10.6. The third-order valence-corrected chi connectivity index (χ3v) is 6.69. The van der Waals surface area contributed by atoms with Crippen molar-refractivity contribution in [3.63, 3.8) is 0 Å². The maximum absolute atomic E-state index is 13.8. The number of hydrogen-bond donors (Lipinski definition) is 1. The molecule has 6 heteroatoms. The highest BCUT2D eigenvalue weighted by Crippen LogP contribution is 2.54. The van der Waals surface area contributed by atoms with E-state index in [0.29, 0.717) is 25.9 Å². The van der Waals surface area contributed by atoms with Gasteiger partial charge in [-0.15, -0.1) is 0 Å². The number of amides is 2. The standard InChI is InChI=1S/C24H26N2O4/c1-16-13-19(10-12-27)30-24(16)20-14-18(25-11-9-22(25)28)7-8-21(20)26(23(24)29)15-17-5-3-2-4-6-17/h2-8,14,16,19,27H,9-13,15H2,1H3/t16-,19+,24+/m0/s1. The Kier molecular flexibility index (Phi) is 4.64. The van der Waals surface area contributed by atoms with Crippen molar-refractivity contribution in [2.24, 2.45) is 5.92 Å². The first kappa shape index (κ1) is 19.3. The van der Waals surface area contributed by atoms with Crippen LogP contribution < -0.4 is 9.80 Å². The van der Waals surface area contributed by atoms with Crippen molar-refractivity contribution >= 4 is 23.2 Å². The van der Waals surface area contributed by atoms with Crippen LogP contribution in [0.3, 0.4) is 0 Å². The summed E-state index contributed by atoms with van der Waals surface area (Å²) in [5.41, 5.74) is 2.49. The van der Waals surface area contributed by atoms with E-state index in [1.807, 2.05) is 60.4 Å². The molecule has 6 nitrogen and oxygen atoms in total. The van der Waals surface area contributed by atoms with Crippen molar-refractivity contribution in [3.8, 4) is 0 Å². The number of carbonyl (C=O) groups excluding carboxylic acids is 2. The second-order valence-corrected chi connectivity index (χ2v) is 8.50. The summed E-state index contributed by atoms with van der Waals surface area (Å²) in [7, 11) is 0. The van der Waals surface area contributed by atoms with E-state index in [4.69, 9.17) is 4.74 Å². The number of rotatable bonds is 5. The SMILES string of the molecule is C[C@H]1C[C@@H](CCO)O[C@]12C(=O)N(Cc1ccccc1)c1ccc(N3CCC3=O)cc12. The first-order valence-electron chi connectivity index (χ1n) is 10.6. The van der Waals surface area contributed by atoms with E-state index in [-0.39, 0.29) is 30.4 Å². The highest BCUT2D eigenvalue weighted by Gasteiger charge is 2.60. The molecule has 0 radical (unpaired) electrons. The Morgan fingerprint density at radius 1 is 1.17 bits per heavy atom. The second-order valence-electron chi connectivity index (χ2n) is 8.50. The van der Waals surface area contributed by atoms with Crippen molar-refractivity contribution < 1.29 is 19.4 Å². The van der Waals surface area contributed by atoms with Crippen LogP contribution in [0.1, 0.15) is 37.3 Å². The number of hydrogen-bond acceptors (Lipinski definition) is 4. The smallest absolute Gasteiger partial charge is 0.264 e. The molecule has 1 N–H and O–H groups in total. The summed E-state index contributed by atoms with van der Waals surface area (Å²) in [6.45, 7) is 3.25. The maximum Gasteiger partial charge on any atom is 0.264 e. The first-order chi connectivity index (χ1) is 14.5. The monoisotopic (exact) mass is 406 g/mol. The predicted molar refractivity (Wildman–Crippen MR) is 113 cm³/mol. The lowest BCUT2D eigenvalue weighted by Gasteiger charge is -2.32. The number of benzene rings is 2. The molecule has 0 bridgehead atoms. The lowest BCUT2D eigenvalue weighted by atomic mass is 9.82. The van der Waals surface area contributed by atoms with Gasteiger partial charge >= 0.3 is 0 Å². The molecular weight excluding hydrogens is 380 g/mol. The van der Waals surface area contributed by atoms with Crippen LogP contribution in [0, 0.1) is 5.92 Å². The van der Waals surface area contributed by atoms with Gasteiger partial charge in [0.15, 0.2) is 5.60 Å². The van der Waals surface area contributed by atoms with Gasteiger partial charge in [-0.1, -0.05) is 37.3 Å². The lowest BCUT2D eigenvalue weighted by molar-refractivity contribution is -0.146. The van der Waals surface area contributed by atoms with Crippen molar-refractivity contribution in [2.45, 2.75) is 44.4 Å². The van der Waals surface area contributed by atoms with Gasteiger partial charge in [-0.3, -0.25) is 9.59 Å². The van der Waals surface area contributed by atoms with Crippen LogP contribution in [0.5, 0.6) is 0 Å². The highest BCUT2D eigenvalue weighted by atomic mass is 16.5. The van der Waals surface area contributed by atoms with Crippen LogP contribution in [0.15, 0.2) is 48.5 Å². The topological polar surface area (TPSA) is 70.1 Å². The summed E-state index contributed by atoms with van der Waals surface area (Å²) in [5, 5.41) is 9.42. The summed E-state index contributed by atoms with van der Waals surface area (Å²) in [6, 6.07) is 15.8. The molecule has 2 aromatic carbocycles. The molecule has 0 saturated carbocycles. The van der Waals surface area contributed by atoms with Gasteiger partial charge in [0.2, 0.25) is 5.91 Å². The molecule has 0 aromatic heterocycles. The Labute approximate surface area is 176 Å². The minimum Gasteiger partial charge on any atom is -0.396 e. The zero-order valence-corrected chi connectivity index (χ0v) is 17.1. The van der Waals surface area contributed by atoms with Gasteiger partial charge in [0.1, 0.15) is 0 Å². The highest BCUT2D eigenvalue weighted by molar-refractivity contribution is 6.08. The normalized spacial score (nSPS) is 27.7. The fourth-order valence-corrected chi connectivity index (χ4v) is 5.06. The second kappa shape index (κ2) is 7.22. The van der Waals surface area contributed by atoms with E-state index in [1.165, 1.54) is 0 Å². The third-order valence-electron chi connectivity index (χ3n) is 6.69. The van der Waals surface area contributed by atoms with Gasteiger partial charge < -0.3 is 19.6 Å². The number of β-lactam (4-membered cyclic amide) rings is 1. The summed E-state index contributed by atoms with van der Waals surface area (Å²) in [6.07, 6.45) is 1.63. The fourth-order valence-electron chi connectivity index (χ4n) is 5.06. The maximum atomic E-state index is 13.8. The minimum atomic E-state index is -1.06. The molecular formula is C24H26N2O4. The van der Waals surface area contributed by atoms with Gasteiger partial charge in [-0.2, -0.15) is 0 Å². The van der Waals surface area contributed by atoms with Gasteiger partial charge in [0.25, 0.3) is 5.91 Å². The van der Waals surface area contributed by atoms with E-state index in [2.05, 4.69) is 0 Å². The number of fused-ring (bicyclic) bond motifs is 2. The molecule has 3 heterocycles. The predicted octanol–water partition coefficient (Wildman–Crippen LogP) is 2.97. The number of nitrogens with zero attached hydrogens (tertiary/aromatic N) is 2. The molecule has 0 unspecified atom stereocenters. The number of anilines is 2. The summed E-state index contributed by atoms with van der Waals surface area (Å²) >= 11 is 0. The molecule has 3 aliphatic rings. The van der Waals surface area contributed by atoms with Crippen LogP contribution in [0.2, 0.25) is 0 Å². The number of carbonyl (C=O) groups is 2. The quantitative estimate of drug-likeness (QED) is 0.775. The molecule has 2 amide bonds. The molecule has 3 atom stereocenters. The van der Waals surface area contributed by atoms with Crippen LogP contribution in [0.25, 0.3) is 0 Å². The third kappa shape index (κ3) is 2.78. The molecule has 30 heavy (non-hydrogen) atoms. The Balaban J connectivity index is 1.59. The van der Waals surface area contributed by atoms with Crippen molar-refractivity contribution in [3.05, 3.63) is 59.7 Å². The van der Waals surface area contributed by atoms with Crippen molar-refractivity contribution in [2.75, 3.05) is 23.0 Å². The van der Waals surface area contributed by atoms with Gasteiger partial charge in [0.05, 0.1) is 18.3 Å². The Bertz CT molecular complexity index is 992. The van der Waals surface area contributed by atoms with Gasteiger partial charge in [-0.05, 0) is 36.6 Å². The largest absolute Gasteiger partial charge is 0.396 e. The Hall–Kier alpha value is -2.70. The molecule has 1 spiro atoms. The summed E-state index contributed by atoms with van der Waals surface area (Å²) in [4.78, 5) is 29.4. The molecule has 2 aromatic rings. The van der Waals surface area contributed by atoms with Crippen LogP contribution >= 0.6 is 0 Å². The fraction of sp³-hybridized carbons (Fsp3) is 0.417. The average molecular weight is 406 g/mol. The average Bonchev–Trinajstić information content (AvgIpc) is 3.18. The van der Waals surface area contributed by atoms with Crippen LogP contribution in [0.4, 0.5) is 11.4 Å². The van der Waals surface area contributed by atoms with Gasteiger partial charge in [-0.25, -0.2) is 0 Å². The zero-order chi connectivity index (χ0) is 20.9. The molecule has 2 saturated heterocycles. The van der Waals surface area contributed by atoms with E-state index in [9.17, 15) is 14.7 Å². The number of aliphatic hydroxyl groups is 1. The Morgan fingerprint density at radius 2 is 1.97 bits per heavy atom. The van der Waals surface area contributed by atoms with Crippen LogP contribution in [-0.4, -0.2) is 36.2 Å². The minimum absolute atomic E-state index is 0.0246. The lowest BCUT2D eigenvalue weighted by Crippen LogP contribution is -2.44. The number of ether oxygens (including phenoxy) is 1. The summed E-state index contributed by atoms with van der Waals surface area (Å²) < 4.78 is 6.43. The van der Waals surface area contributed by atoms with E-state index < -0.39 is 5.60 Å². The molecule has 5 rings (SSSR count). The zero-order valence-electron chi connectivity index (χ0n) is 17.1.